The van der Waals surface area contributed by atoms with E-state index >= 15 is 0 Å². The van der Waals surface area contributed by atoms with Crippen LogP contribution in [0.15, 0.2) is 66.7 Å². The minimum absolute atomic E-state index is 0.181. The third-order valence-corrected chi connectivity index (χ3v) is 4.49. The molecule has 0 saturated carbocycles. The van der Waals surface area contributed by atoms with Gasteiger partial charge in [0.1, 0.15) is 18.2 Å². The van der Waals surface area contributed by atoms with E-state index in [4.69, 9.17) is 4.74 Å². The first-order chi connectivity index (χ1) is 11.7. The lowest BCUT2D eigenvalue weighted by atomic mass is 10.2. The first-order valence-electron chi connectivity index (χ1n) is 7.55. The second-order valence-corrected chi connectivity index (χ2v) is 6.14. The maximum atomic E-state index is 13.8. The third kappa shape index (κ3) is 4.00. The molecule has 0 radical (unpaired) electrons. The van der Waals surface area contributed by atoms with Crippen molar-refractivity contribution in [3.63, 3.8) is 0 Å². The van der Waals surface area contributed by atoms with Gasteiger partial charge in [0.25, 0.3) is 5.91 Å². The van der Waals surface area contributed by atoms with Crippen LogP contribution >= 0.6 is 11.3 Å². The van der Waals surface area contributed by atoms with Gasteiger partial charge in [-0.3, -0.25) is 4.79 Å². The van der Waals surface area contributed by atoms with Crippen molar-refractivity contribution in [2.75, 3.05) is 13.2 Å². The second kappa shape index (κ2) is 7.75. The molecular formula is C19H16FNO2S. The van der Waals surface area contributed by atoms with Crippen LogP contribution in [0.25, 0.3) is 10.4 Å². The van der Waals surface area contributed by atoms with E-state index < -0.39 is 0 Å². The van der Waals surface area contributed by atoms with Crippen molar-refractivity contribution in [3.8, 4) is 16.2 Å². The lowest BCUT2D eigenvalue weighted by molar-refractivity contribution is 0.0951. The van der Waals surface area contributed by atoms with E-state index in [-0.39, 0.29) is 11.7 Å². The number of hydrogen-bond acceptors (Lipinski definition) is 3. The normalized spacial score (nSPS) is 10.4. The van der Waals surface area contributed by atoms with Gasteiger partial charge in [0.15, 0.2) is 0 Å². The standard InChI is InChI=1S/C19H16FNO2S/c20-16-9-5-4-8-15(16)17-10-11-18(24-17)19(22)21-12-13-23-14-6-2-1-3-7-14/h1-11H,12-13H2,(H,21,22). The maximum Gasteiger partial charge on any atom is 0.261 e. The second-order valence-electron chi connectivity index (χ2n) is 5.06. The molecule has 0 aliphatic heterocycles. The van der Waals surface area contributed by atoms with Crippen LogP contribution < -0.4 is 10.1 Å². The Morgan fingerprint density at radius 2 is 1.75 bits per heavy atom. The van der Waals surface area contributed by atoms with Crippen LogP contribution in [-0.4, -0.2) is 19.1 Å². The Balaban J connectivity index is 1.54. The molecule has 0 aliphatic carbocycles. The topological polar surface area (TPSA) is 38.3 Å². The number of para-hydroxylation sites is 1. The SMILES string of the molecule is O=C(NCCOc1ccccc1)c1ccc(-c2ccccc2F)s1. The quantitative estimate of drug-likeness (QED) is 0.677. The largest absolute Gasteiger partial charge is 0.492 e. The van der Waals surface area contributed by atoms with E-state index in [1.165, 1.54) is 17.4 Å². The van der Waals surface area contributed by atoms with E-state index in [1.54, 1.807) is 30.3 Å². The molecule has 3 aromatic rings. The Morgan fingerprint density at radius 1 is 1.00 bits per heavy atom. The fourth-order valence-corrected chi connectivity index (χ4v) is 3.15. The van der Waals surface area contributed by atoms with Gasteiger partial charge in [0, 0.05) is 10.4 Å². The summed E-state index contributed by atoms with van der Waals surface area (Å²) in [6.07, 6.45) is 0. The molecule has 3 nitrogen and oxygen atoms in total. The highest BCUT2D eigenvalue weighted by Crippen LogP contribution is 2.29. The number of halogens is 1. The predicted octanol–water partition coefficient (Wildman–Crippen LogP) is 4.36. The molecule has 0 aliphatic rings. The van der Waals surface area contributed by atoms with Crippen LogP contribution in [0.3, 0.4) is 0 Å². The molecule has 3 rings (SSSR count). The first kappa shape index (κ1) is 16.2. The summed E-state index contributed by atoms with van der Waals surface area (Å²) >= 11 is 1.27. The minimum atomic E-state index is -0.289. The Labute approximate surface area is 143 Å². The van der Waals surface area contributed by atoms with Gasteiger partial charge in [-0.05, 0) is 30.3 Å². The summed E-state index contributed by atoms with van der Waals surface area (Å²) in [5.41, 5.74) is 0.508. The van der Waals surface area contributed by atoms with Crippen molar-refractivity contribution in [1.82, 2.24) is 5.32 Å². The van der Waals surface area contributed by atoms with Gasteiger partial charge in [0.05, 0.1) is 11.4 Å². The fourth-order valence-electron chi connectivity index (χ4n) is 2.20. The lowest BCUT2D eigenvalue weighted by Gasteiger charge is -2.06. The van der Waals surface area contributed by atoms with Crippen molar-refractivity contribution in [2.45, 2.75) is 0 Å². The molecule has 2 aromatic carbocycles. The molecule has 0 bridgehead atoms. The van der Waals surface area contributed by atoms with E-state index in [1.807, 2.05) is 30.3 Å². The zero-order valence-electron chi connectivity index (χ0n) is 12.9. The minimum Gasteiger partial charge on any atom is -0.492 e. The van der Waals surface area contributed by atoms with Gasteiger partial charge in [-0.1, -0.05) is 36.4 Å². The van der Waals surface area contributed by atoms with Gasteiger partial charge in [0.2, 0.25) is 0 Å². The van der Waals surface area contributed by atoms with Crippen molar-refractivity contribution in [3.05, 3.63) is 77.4 Å². The summed E-state index contributed by atoms with van der Waals surface area (Å²) in [6, 6.07) is 19.4. The smallest absolute Gasteiger partial charge is 0.261 e. The molecule has 1 aromatic heterocycles. The Morgan fingerprint density at radius 3 is 2.54 bits per heavy atom. The number of hydrogen-bond donors (Lipinski definition) is 1. The summed E-state index contributed by atoms with van der Waals surface area (Å²) in [4.78, 5) is 13.4. The van der Waals surface area contributed by atoms with Crippen LogP contribution in [-0.2, 0) is 0 Å². The van der Waals surface area contributed by atoms with Crippen molar-refractivity contribution in [2.24, 2.45) is 0 Å². The number of thiophene rings is 1. The molecule has 0 atom stereocenters. The van der Waals surface area contributed by atoms with Crippen molar-refractivity contribution in [1.29, 1.82) is 0 Å². The van der Waals surface area contributed by atoms with Crippen LogP contribution in [0.5, 0.6) is 5.75 Å². The average molecular weight is 341 g/mol. The van der Waals surface area contributed by atoms with Gasteiger partial charge in [-0.25, -0.2) is 4.39 Å². The zero-order chi connectivity index (χ0) is 16.8. The molecule has 1 amide bonds. The molecule has 1 N–H and O–H groups in total. The van der Waals surface area contributed by atoms with Crippen molar-refractivity contribution < 1.29 is 13.9 Å². The molecule has 0 saturated heterocycles. The van der Waals surface area contributed by atoms with Crippen LogP contribution in [0.2, 0.25) is 0 Å². The summed E-state index contributed by atoms with van der Waals surface area (Å²) in [6.45, 7) is 0.794. The molecule has 0 fully saturated rings. The average Bonchev–Trinajstić information content (AvgIpc) is 3.10. The highest BCUT2D eigenvalue weighted by atomic mass is 32.1. The number of benzene rings is 2. The summed E-state index contributed by atoms with van der Waals surface area (Å²) in [5, 5.41) is 2.80. The Hall–Kier alpha value is -2.66. The monoisotopic (exact) mass is 341 g/mol. The first-order valence-corrected chi connectivity index (χ1v) is 8.36. The van der Waals surface area contributed by atoms with Gasteiger partial charge in [-0.2, -0.15) is 0 Å². The summed E-state index contributed by atoms with van der Waals surface area (Å²) in [7, 11) is 0. The number of amides is 1. The molecule has 24 heavy (non-hydrogen) atoms. The molecule has 0 unspecified atom stereocenters. The third-order valence-electron chi connectivity index (χ3n) is 3.37. The highest BCUT2D eigenvalue weighted by Gasteiger charge is 2.12. The van der Waals surface area contributed by atoms with Gasteiger partial charge < -0.3 is 10.1 Å². The van der Waals surface area contributed by atoms with E-state index in [9.17, 15) is 9.18 Å². The predicted molar refractivity (Wildman–Crippen MR) is 94.0 cm³/mol. The molecule has 5 heteroatoms. The Bertz CT molecular complexity index is 817. The highest BCUT2D eigenvalue weighted by molar-refractivity contribution is 7.17. The summed E-state index contributed by atoms with van der Waals surface area (Å²) in [5.74, 6) is 0.298. The van der Waals surface area contributed by atoms with Crippen LogP contribution in [0, 0.1) is 5.82 Å². The fraction of sp³-hybridized carbons (Fsp3) is 0.105. The van der Waals surface area contributed by atoms with E-state index in [0.717, 1.165) is 10.6 Å². The Kier molecular flexibility index (Phi) is 5.23. The van der Waals surface area contributed by atoms with Crippen LogP contribution in [0.1, 0.15) is 9.67 Å². The number of ether oxygens (including phenoxy) is 1. The molecule has 1 heterocycles. The lowest BCUT2D eigenvalue weighted by Crippen LogP contribution is -2.27. The number of carbonyl (C=O) groups excluding carboxylic acids is 1. The number of nitrogens with one attached hydrogen (secondary N) is 1. The molecular weight excluding hydrogens is 325 g/mol. The molecule has 122 valence electrons. The summed E-state index contributed by atoms with van der Waals surface area (Å²) < 4.78 is 19.3. The van der Waals surface area contributed by atoms with Crippen LogP contribution in [0.4, 0.5) is 4.39 Å². The van der Waals surface area contributed by atoms with E-state index in [0.29, 0.717) is 23.6 Å². The van der Waals surface area contributed by atoms with E-state index in [2.05, 4.69) is 5.32 Å². The van der Waals surface area contributed by atoms with Gasteiger partial charge in [-0.15, -0.1) is 11.3 Å². The number of carbonyl (C=O) groups is 1. The zero-order valence-corrected chi connectivity index (χ0v) is 13.7. The van der Waals surface area contributed by atoms with Crippen molar-refractivity contribution >= 4 is 17.2 Å². The maximum absolute atomic E-state index is 13.8. The number of rotatable bonds is 6. The van der Waals surface area contributed by atoms with Gasteiger partial charge >= 0.3 is 0 Å². The molecule has 0 spiro atoms.